The highest BCUT2D eigenvalue weighted by Gasteiger charge is 2.32. The van der Waals surface area contributed by atoms with Gasteiger partial charge in [-0.05, 0) is 26.0 Å². The number of aliphatic hydroxyl groups is 1. The maximum Gasteiger partial charge on any atom is 0.224 e. The van der Waals surface area contributed by atoms with E-state index in [0.717, 1.165) is 29.1 Å². The lowest BCUT2D eigenvalue weighted by Crippen LogP contribution is -2.43. The Morgan fingerprint density at radius 3 is 2.84 bits per heavy atom. The minimum atomic E-state index is -0.723. The van der Waals surface area contributed by atoms with E-state index in [-0.39, 0.29) is 5.91 Å². The second-order valence-electron chi connectivity index (χ2n) is 5.25. The standard InChI is InChI=1S/C13H21N3O2S/c1-9-11(10(2)16(3)15-9)6-12(17)14-7-13(18)4-5-19-8-13/h18H,4-8H2,1-3H3,(H,14,17)/t13-/m0/s1. The van der Waals surface area contributed by atoms with Crippen molar-refractivity contribution in [3.8, 4) is 0 Å². The zero-order chi connectivity index (χ0) is 14.0. The monoisotopic (exact) mass is 283 g/mol. The summed E-state index contributed by atoms with van der Waals surface area (Å²) in [4.78, 5) is 12.0. The predicted octanol–water partition coefficient (Wildman–Crippen LogP) is 0.564. The Bertz CT molecular complexity index is 478. The van der Waals surface area contributed by atoms with Crippen LogP contribution in [0.4, 0.5) is 0 Å². The summed E-state index contributed by atoms with van der Waals surface area (Å²) < 4.78 is 1.79. The van der Waals surface area contributed by atoms with Gasteiger partial charge in [0, 0.05) is 30.6 Å². The average molecular weight is 283 g/mol. The molecule has 1 saturated heterocycles. The van der Waals surface area contributed by atoms with E-state index in [0.29, 0.717) is 18.7 Å². The molecule has 1 aliphatic heterocycles. The van der Waals surface area contributed by atoms with Gasteiger partial charge in [-0.25, -0.2) is 0 Å². The highest BCUT2D eigenvalue weighted by atomic mass is 32.2. The van der Waals surface area contributed by atoms with E-state index >= 15 is 0 Å². The summed E-state index contributed by atoms with van der Waals surface area (Å²) in [5, 5.41) is 17.3. The van der Waals surface area contributed by atoms with E-state index < -0.39 is 5.60 Å². The van der Waals surface area contributed by atoms with Crippen LogP contribution in [0.5, 0.6) is 0 Å². The molecule has 1 aromatic rings. The van der Waals surface area contributed by atoms with Crippen LogP contribution in [0.1, 0.15) is 23.4 Å². The number of nitrogens with zero attached hydrogens (tertiary/aromatic N) is 2. The van der Waals surface area contributed by atoms with Gasteiger partial charge < -0.3 is 10.4 Å². The molecule has 19 heavy (non-hydrogen) atoms. The van der Waals surface area contributed by atoms with Crippen molar-refractivity contribution >= 4 is 17.7 Å². The van der Waals surface area contributed by atoms with Gasteiger partial charge in [-0.15, -0.1) is 0 Å². The first-order valence-corrected chi connectivity index (χ1v) is 7.63. The van der Waals surface area contributed by atoms with E-state index in [9.17, 15) is 9.90 Å². The molecule has 0 bridgehead atoms. The maximum atomic E-state index is 12.0. The quantitative estimate of drug-likeness (QED) is 0.847. The fourth-order valence-corrected chi connectivity index (χ4v) is 3.59. The van der Waals surface area contributed by atoms with Gasteiger partial charge in [0.25, 0.3) is 0 Å². The molecule has 1 fully saturated rings. The molecule has 2 heterocycles. The zero-order valence-electron chi connectivity index (χ0n) is 11.7. The van der Waals surface area contributed by atoms with Crippen molar-refractivity contribution in [1.29, 1.82) is 0 Å². The van der Waals surface area contributed by atoms with Gasteiger partial charge in [0.15, 0.2) is 0 Å². The van der Waals surface area contributed by atoms with Crippen LogP contribution in [0.25, 0.3) is 0 Å². The number of thioether (sulfide) groups is 1. The largest absolute Gasteiger partial charge is 0.387 e. The van der Waals surface area contributed by atoms with Crippen LogP contribution >= 0.6 is 11.8 Å². The van der Waals surface area contributed by atoms with Crippen LogP contribution in [0, 0.1) is 13.8 Å². The number of hydrogen-bond donors (Lipinski definition) is 2. The molecule has 0 aliphatic carbocycles. The van der Waals surface area contributed by atoms with Crippen molar-refractivity contribution in [2.45, 2.75) is 32.3 Å². The highest BCUT2D eigenvalue weighted by Crippen LogP contribution is 2.27. The van der Waals surface area contributed by atoms with Gasteiger partial charge in [-0.3, -0.25) is 9.48 Å². The fraction of sp³-hybridized carbons (Fsp3) is 0.692. The zero-order valence-corrected chi connectivity index (χ0v) is 12.5. The topological polar surface area (TPSA) is 67.2 Å². The summed E-state index contributed by atoms with van der Waals surface area (Å²) in [6, 6.07) is 0. The van der Waals surface area contributed by atoms with E-state index in [1.165, 1.54) is 0 Å². The van der Waals surface area contributed by atoms with Crippen molar-refractivity contribution in [1.82, 2.24) is 15.1 Å². The number of carbonyl (C=O) groups excluding carboxylic acids is 1. The summed E-state index contributed by atoms with van der Waals surface area (Å²) in [7, 11) is 1.88. The molecule has 0 aromatic carbocycles. The molecule has 6 heteroatoms. The third-order valence-corrected chi connectivity index (χ3v) is 4.93. The molecular weight excluding hydrogens is 262 g/mol. The lowest BCUT2D eigenvalue weighted by Gasteiger charge is -2.21. The van der Waals surface area contributed by atoms with Crippen molar-refractivity contribution < 1.29 is 9.90 Å². The molecule has 1 amide bonds. The van der Waals surface area contributed by atoms with E-state index in [1.54, 1.807) is 16.4 Å². The van der Waals surface area contributed by atoms with Crippen LogP contribution in [0.15, 0.2) is 0 Å². The Morgan fingerprint density at radius 2 is 2.32 bits per heavy atom. The normalized spacial score (nSPS) is 22.7. The Kier molecular flexibility index (Phi) is 4.20. The highest BCUT2D eigenvalue weighted by molar-refractivity contribution is 7.99. The van der Waals surface area contributed by atoms with Crippen molar-refractivity contribution in [3.63, 3.8) is 0 Å². The first-order valence-electron chi connectivity index (χ1n) is 6.47. The molecule has 1 aromatic heterocycles. The Balaban J connectivity index is 1.91. The number of nitrogens with one attached hydrogen (secondary N) is 1. The van der Waals surface area contributed by atoms with Crippen LogP contribution < -0.4 is 5.32 Å². The number of rotatable bonds is 4. The molecule has 0 saturated carbocycles. The number of aromatic nitrogens is 2. The number of amides is 1. The first kappa shape index (κ1) is 14.4. The molecule has 0 unspecified atom stereocenters. The van der Waals surface area contributed by atoms with Gasteiger partial charge in [-0.2, -0.15) is 16.9 Å². The molecule has 106 valence electrons. The second-order valence-corrected chi connectivity index (χ2v) is 6.36. The number of aryl methyl sites for hydroxylation is 2. The van der Waals surface area contributed by atoms with Gasteiger partial charge >= 0.3 is 0 Å². The molecular formula is C13H21N3O2S. The molecule has 2 N–H and O–H groups in total. The predicted molar refractivity (Wildman–Crippen MR) is 76.3 cm³/mol. The van der Waals surface area contributed by atoms with E-state index in [1.807, 2.05) is 20.9 Å². The van der Waals surface area contributed by atoms with Crippen LogP contribution in [0.3, 0.4) is 0 Å². The average Bonchev–Trinajstić information content (AvgIpc) is 2.88. The van der Waals surface area contributed by atoms with Crippen LogP contribution in [-0.2, 0) is 18.3 Å². The van der Waals surface area contributed by atoms with Crippen LogP contribution in [0.2, 0.25) is 0 Å². The summed E-state index contributed by atoms with van der Waals surface area (Å²) in [6.07, 6.45) is 1.08. The summed E-state index contributed by atoms with van der Waals surface area (Å²) in [5.74, 6) is 1.62. The maximum absolute atomic E-state index is 12.0. The molecule has 0 radical (unpaired) electrons. The van der Waals surface area contributed by atoms with Crippen molar-refractivity contribution in [3.05, 3.63) is 17.0 Å². The minimum Gasteiger partial charge on any atom is -0.387 e. The molecule has 5 nitrogen and oxygen atoms in total. The molecule has 1 aliphatic rings. The first-order chi connectivity index (χ1) is 8.91. The molecule has 2 rings (SSSR count). The Labute approximate surface area is 117 Å². The third-order valence-electron chi connectivity index (χ3n) is 3.69. The number of hydrogen-bond acceptors (Lipinski definition) is 4. The fourth-order valence-electron chi connectivity index (χ4n) is 2.30. The van der Waals surface area contributed by atoms with Gasteiger partial charge in [0.05, 0.1) is 17.7 Å². The summed E-state index contributed by atoms with van der Waals surface area (Å²) in [6.45, 7) is 4.22. The SMILES string of the molecule is Cc1nn(C)c(C)c1CC(=O)NC[C@@]1(O)CCSC1. The smallest absolute Gasteiger partial charge is 0.224 e. The minimum absolute atomic E-state index is 0.0514. The third kappa shape index (κ3) is 3.30. The lowest BCUT2D eigenvalue weighted by atomic mass is 10.0. The molecule has 0 spiro atoms. The van der Waals surface area contributed by atoms with E-state index in [4.69, 9.17) is 0 Å². The summed E-state index contributed by atoms with van der Waals surface area (Å²) in [5.41, 5.74) is 2.17. The van der Waals surface area contributed by atoms with E-state index in [2.05, 4.69) is 10.4 Å². The molecule has 1 atom stereocenters. The number of carbonyl (C=O) groups is 1. The Morgan fingerprint density at radius 1 is 1.58 bits per heavy atom. The van der Waals surface area contributed by atoms with Gasteiger partial charge in [-0.1, -0.05) is 0 Å². The van der Waals surface area contributed by atoms with Gasteiger partial charge in [0.2, 0.25) is 5.91 Å². The van der Waals surface area contributed by atoms with Crippen molar-refractivity contribution in [2.24, 2.45) is 7.05 Å². The van der Waals surface area contributed by atoms with Crippen LogP contribution in [-0.4, -0.2) is 44.4 Å². The Hall–Kier alpha value is -1.01. The second kappa shape index (κ2) is 5.54. The van der Waals surface area contributed by atoms with Crippen molar-refractivity contribution in [2.75, 3.05) is 18.1 Å². The lowest BCUT2D eigenvalue weighted by molar-refractivity contribution is -0.121. The van der Waals surface area contributed by atoms with Gasteiger partial charge in [0.1, 0.15) is 0 Å². The summed E-state index contributed by atoms with van der Waals surface area (Å²) >= 11 is 1.73.